The molecule has 0 amide bonds. The van der Waals surface area contributed by atoms with Crippen molar-refractivity contribution in [1.82, 2.24) is 0 Å². The number of aryl methyl sites for hydroxylation is 2. The summed E-state index contributed by atoms with van der Waals surface area (Å²) >= 11 is 0. The lowest BCUT2D eigenvalue weighted by molar-refractivity contribution is 0.468. The molecular weight excluding hydrogens is 176 g/mol. The van der Waals surface area contributed by atoms with E-state index in [0.717, 1.165) is 11.1 Å². The van der Waals surface area contributed by atoms with Gasteiger partial charge in [0.05, 0.1) is 0 Å². The Bertz CT molecular complexity index is 304. The van der Waals surface area contributed by atoms with Crippen molar-refractivity contribution in [3.05, 3.63) is 34.9 Å². The van der Waals surface area contributed by atoms with Crippen LogP contribution < -0.4 is 0 Å². The van der Waals surface area contributed by atoms with Crippen molar-refractivity contribution in [3.8, 4) is 0 Å². The minimum Gasteiger partial charge on any atom is -0.449 e. The monoisotopic (exact) mass is 187 g/mol. The topological polar surface area (TPSA) is 0 Å². The second-order valence-electron chi connectivity index (χ2n) is 3.33. The molecule has 1 aromatic carbocycles. The van der Waals surface area contributed by atoms with Gasteiger partial charge >= 0.3 is 6.98 Å². The van der Waals surface area contributed by atoms with Crippen LogP contribution in [0.5, 0.6) is 0 Å². The van der Waals surface area contributed by atoms with Crippen LogP contribution in [0.15, 0.2) is 18.2 Å². The van der Waals surface area contributed by atoms with E-state index in [0.29, 0.717) is 5.56 Å². The summed E-state index contributed by atoms with van der Waals surface area (Å²) in [4.78, 5) is 0. The first-order valence-electron chi connectivity index (χ1n) is 4.15. The Morgan fingerprint density at radius 3 is 2.15 bits per heavy atom. The molecule has 0 nitrogen and oxygen atoms in total. The van der Waals surface area contributed by atoms with Crippen molar-refractivity contribution in [2.75, 3.05) is 0 Å². The molecule has 0 fully saturated rings. The maximum atomic E-state index is 12.0. The minimum atomic E-state index is -4.71. The van der Waals surface area contributed by atoms with Crippen molar-refractivity contribution in [2.45, 2.75) is 20.2 Å². The molecule has 72 valence electrons. The molecule has 0 aromatic heterocycles. The van der Waals surface area contributed by atoms with Gasteiger partial charge in [-0.25, -0.2) is 0 Å². The molecule has 0 spiro atoms. The lowest BCUT2D eigenvalue weighted by Crippen LogP contribution is -2.19. The molecule has 0 N–H and O–H groups in total. The Labute approximate surface area is 75.8 Å². The predicted octanol–water partition coefficient (Wildman–Crippen LogP) is 3.23. The highest BCUT2D eigenvalue weighted by atomic mass is 19.4. The normalized spacial score (nSPS) is 11.8. The van der Waals surface area contributed by atoms with Crippen LogP contribution >= 0.6 is 0 Å². The lowest BCUT2D eigenvalue weighted by atomic mass is 9.81. The Balaban J connectivity index is 2.86. The predicted molar refractivity (Wildman–Crippen MR) is 48.7 cm³/mol. The van der Waals surface area contributed by atoms with Gasteiger partial charge in [-0.1, -0.05) is 30.1 Å². The zero-order chi connectivity index (χ0) is 10.1. The lowest BCUT2D eigenvalue weighted by Gasteiger charge is -2.14. The van der Waals surface area contributed by atoms with Gasteiger partial charge in [-0.15, -0.1) is 0 Å². The van der Waals surface area contributed by atoms with E-state index in [4.69, 9.17) is 0 Å². The average Bonchev–Trinajstić information content (AvgIpc) is 1.94. The molecule has 0 aliphatic carbocycles. The van der Waals surface area contributed by atoms with Crippen molar-refractivity contribution >= 4 is 6.98 Å². The largest absolute Gasteiger partial charge is 0.482 e. The zero-order valence-corrected chi connectivity index (χ0v) is 7.65. The summed E-state index contributed by atoms with van der Waals surface area (Å²) in [5, 5.41) is 0. The van der Waals surface area contributed by atoms with Crippen LogP contribution in [0.2, 0.25) is 0 Å². The highest BCUT2D eigenvalue weighted by Crippen LogP contribution is 2.18. The summed E-state index contributed by atoms with van der Waals surface area (Å²) in [7, 11) is 0. The van der Waals surface area contributed by atoms with Crippen LogP contribution in [0.25, 0.3) is 0 Å². The van der Waals surface area contributed by atoms with E-state index in [1.54, 1.807) is 12.1 Å². The number of hydrogen-bond acceptors (Lipinski definition) is 0. The Morgan fingerprint density at radius 1 is 1.08 bits per heavy atom. The van der Waals surface area contributed by atoms with Gasteiger partial charge < -0.3 is 12.9 Å². The quantitative estimate of drug-likeness (QED) is 0.623. The van der Waals surface area contributed by atoms with Crippen LogP contribution in [0, 0.1) is 13.8 Å². The van der Waals surface area contributed by atoms with Gasteiger partial charge in [0.25, 0.3) is 0 Å². The first-order chi connectivity index (χ1) is 5.88. The summed E-state index contributed by atoms with van der Waals surface area (Å²) < 4.78 is 36.1. The number of rotatable bonds is 2. The number of hydrogen-bond donors (Lipinski definition) is 0. The third kappa shape index (κ3) is 3.13. The first kappa shape index (κ1) is 10.2. The molecule has 4 heteroatoms. The van der Waals surface area contributed by atoms with Crippen LogP contribution in [0.4, 0.5) is 12.9 Å². The summed E-state index contributed by atoms with van der Waals surface area (Å²) in [5.41, 5.74) is 2.30. The second-order valence-corrected chi connectivity index (χ2v) is 3.33. The van der Waals surface area contributed by atoms with Gasteiger partial charge in [0.1, 0.15) is 0 Å². The molecule has 0 aliphatic heterocycles. The molecule has 0 aliphatic rings. The number of benzene rings is 1. The molecule has 13 heavy (non-hydrogen) atoms. The van der Waals surface area contributed by atoms with Crippen LogP contribution in [-0.4, -0.2) is 6.98 Å². The molecule has 0 heterocycles. The van der Waals surface area contributed by atoms with Gasteiger partial charge in [0.15, 0.2) is 0 Å². The van der Waals surface area contributed by atoms with E-state index in [2.05, 4.69) is 0 Å². The fraction of sp³-hybridized carbons (Fsp3) is 0.333. The van der Waals surface area contributed by atoms with Gasteiger partial charge in [-0.05, 0) is 25.0 Å². The maximum Gasteiger partial charge on any atom is 0.482 e. The Hall–Kier alpha value is -0.925. The van der Waals surface area contributed by atoms with Gasteiger partial charge in [-0.2, -0.15) is 0 Å². The van der Waals surface area contributed by atoms with E-state index in [-0.39, 0.29) is 0 Å². The smallest absolute Gasteiger partial charge is 0.449 e. The third-order valence-corrected chi connectivity index (χ3v) is 2.04. The van der Waals surface area contributed by atoms with Crippen molar-refractivity contribution in [2.24, 2.45) is 0 Å². The summed E-state index contributed by atoms with van der Waals surface area (Å²) in [6.07, 6.45) is -0.777. The summed E-state index contributed by atoms with van der Waals surface area (Å²) in [6, 6.07) is 4.87. The van der Waals surface area contributed by atoms with Crippen molar-refractivity contribution < 1.29 is 12.9 Å². The standard InChI is InChI=1S/C9H11BF3/c1-7-3-4-9(5-8(7)2)6-10(11,12)13/h3-5H,6H2,1-2H3/q-1. The molecule has 1 aromatic rings. The summed E-state index contributed by atoms with van der Waals surface area (Å²) in [5.74, 6) is 0. The molecule has 0 radical (unpaired) electrons. The van der Waals surface area contributed by atoms with E-state index < -0.39 is 13.3 Å². The van der Waals surface area contributed by atoms with E-state index in [1.165, 1.54) is 6.07 Å². The van der Waals surface area contributed by atoms with Crippen molar-refractivity contribution in [3.63, 3.8) is 0 Å². The Morgan fingerprint density at radius 2 is 1.69 bits per heavy atom. The molecule has 0 unspecified atom stereocenters. The minimum absolute atomic E-state index is 0.357. The zero-order valence-electron chi connectivity index (χ0n) is 7.65. The van der Waals surface area contributed by atoms with Gasteiger partial charge in [-0.3, -0.25) is 0 Å². The third-order valence-electron chi connectivity index (χ3n) is 2.04. The van der Waals surface area contributed by atoms with Crippen molar-refractivity contribution in [1.29, 1.82) is 0 Å². The maximum absolute atomic E-state index is 12.0. The van der Waals surface area contributed by atoms with Gasteiger partial charge in [0.2, 0.25) is 0 Å². The average molecular weight is 187 g/mol. The second kappa shape index (κ2) is 3.44. The molecule has 1 rings (SSSR count). The molecule has 0 atom stereocenters. The van der Waals surface area contributed by atoms with E-state index >= 15 is 0 Å². The van der Waals surface area contributed by atoms with Crippen LogP contribution in [0.1, 0.15) is 16.7 Å². The highest BCUT2D eigenvalue weighted by molar-refractivity contribution is 6.57. The van der Waals surface area contributed by atoms with Crippen LogP contribution in [-0.2, 0) is 6.32 Å². The first-order valence-corrected chi connectivity index (χ1v) is 4.15. The number of halogens is 3. The Kier molecular flexibility index (Phi) is 2.69. The molecular formula is C9H11BF3-. The van der Waals surface area contributed by atoms with Crippen LogP contribution in [0.3, 0.4) is 0 Å². The van der Waals surface area contributed by atoms with Gasteiger partial charge in [0, 0.05) is 0 Å². The fourth-order valence-electron chi connectivity index (χ4n) is 1.20. The molecule has 0 bridgehead atoms. The molecule has 0 saturated carbocycles. The molecule has 0 saturated heterocycles. The SMILES string of the molecule is Cc1ccc(C[B-](F)(F)F)cc1C. The van der Waals surface area contributed by atoms with E-state index in [9.17, 15) is 12.9 Å². The summed E-state index contributed by atoms with van der Waals surface area (Å²) in [6.45, 7) is -0.999. The highest BCUT2D eigenvalue weighted by Gasteiger charge is 2.22. The fourth-order valence-corrected chi connectivity index (χ4v) is 1.20. The van der Waals surface area contributed by atoms with E-state index in [1.807, 2.05) is 13.8 Å².